The summed E-state index contributed by atoms with van der Waals surface area (Å²) in [5.74, 6) is 0.259. The first-order chi connectivity index (χ1) is 12.2. The van der Waals surface area contributed by atoms with E-state index in [0.717, 1.165) is 49.9 Å². The predicted octanol–water partition coefficient (Wildman–Crippen LogP) is 4.00. The Morgan fingerprint density at radius 3 is 2.60 bits per heavy atom. The van der Waals surface area contributed by atoms with Crippen LogP contribution in [0.25, 0.3) is 0 Å². The maximum atomic E-state index is 12.9. The second-order valence-corrected chi connectivity index (χ2v) is 6.95. The van der Waals surface area contributed by atoms with Crippen molar-refractivity contribution < 1.29 is 4.79 Å². The van der Waals surface area contributed by atoms with Gasteiger partial charge in [0.2, 0.25) is 5.91 Å². The van der Waals surface area contributed by atoms with Crippen molar-refractivity contribution >= 4 is 11.6 Å². The van der Waals surface area contributed by atoms with Crippen molar-refractivity contribution in [2.45, 2.75) is 51.5 Å². The third kappa shape index (κ3) is 4.22. The minimum Gasteiger partial charge on any atom is -0.399 e. The van der Waals surface area contributed by atoms with Crippen LogP contribution in [0.2, 0.25) is 0 Å². The molecule has 0 radical (unpaired) electrons. The van der Waals surface area contributed by atoms with E-state index in [1.807, 2.05) is 24.3 Å². The van der Waals surface area contributed by atoms with Gasteiger partial charge in [-0.3, -0.25) is 4.79 Å². The lowest BCUT2D eigenvalue weighted by Gasteiger charge is -2.35. The van der Waals surface area contributed by atoms with Gasteiger partial charge in [-0.2, -0.15) is 0 Å². The van der Waals surface area contributed by atoms with Gasteiger partial charge in [0.15, 0.2) is 0 Å². The average molecular weight is 336 g/mol. The van der Waals surface area contributed by atoms with Crippen molar-refractivity contribution in [2.75, 3.05) is 12.3 Å². The molecule has 0 heterocycles. The topological polar surface area (TPSA) is 46.3 Å². The first-order valence-corrected chi connectivity index (χ1v) is 9.38. The van der Waals surface area contributed by atoms with E-state index >= 15 is 0 Å². The molecule has 2 N–H and O–H groups in total. The van der Waals surface area contributed by atoms with Gasteiger partial charge in [-0.1, -0.05) is 49.4 Å². The molecular formula is C22H28N2O. The lowest BCUT2D eigenvalue weighted by Crippen LogP contribution is -2.44. The third-order valence-electron chi connectivity index (χ3n) is 5.21. The Morgan fingerprint density at radius 2 is 1.84 bits per heavy atom. The van der Waals surface area contributed by atoms with Crippen molar-refractivity contribution in [1.82, 2.24) is 4.90 Å². The van der Waals surface area contributed by atoms with Crippen LogP contribution in [-0.2, 0) is 24.1 Å². The van der Waals surface area contributed by atoms with Gasteiger partial charge in [-0.25, -0.2) is 0 Å². The number of fused-ring (bicyclic) bond motifs is 1. The monoisotopic (exact) mass is 336 g/mol. The lowest BCUT2D eigenvalue weighted by molar-refractivity contribution is -0.133. The van der Waals surface area contributed by atoms with E-state index in [2.05, 4.69) is 36.1 Å². The van der Waals surface area contributed by atoms with Gasteiger partial charge >= 0.3 is 0 Å². The second-order valence-electron chi connectivity index (χ2n) is 6.95. The molecule has 0 saturated heterocycles. The van der Waals surface area contributed by atoms with Crippen LogP contribution < -0.4 is 5.73 Å². The number of nitrogens with zero attached hydrogens (tertiary/aromatic N) is 1. The van der Waals surface area contributed by atoms with Crippen LogP contribution in [0.1, 0.15) is 42.9 Å². The minimum atomic E-state index is 0.259. The third-order valence-corrected chi connectivity index (χ3v) is 5.21. The first-order valence-electron chi connectivity index (χ1n) is 9.38. The zero-order valence-corrected chi connectivity index (χ0v) is 15.1. The van der Waals surface area contributed by atoms with Gasteiger partial charge in [0.1, 0.15) is 0 Å². The van der Waals surface area contributed by atoms with E-state index in [1.165, 1.54) is 11.1 Å². The van der Waals surface area contributed by atoms with Gasteiger partial charge < -0.3 is 10.6 Å². The fourth-order valence-corrected chi connectivity index (χ4v) is 3.84. The number of amides is 1. The van der Waals surface area contributed by atoms with Crippen LogP contribution in [-0.4, -0.2) is 23.4 Å². The molecule has 1 aliphatic carbocycles. The van der Waals surface area contributed by atoms with E-state index < -0.39 is 0 Å². The molecule has 25 heavy (non-hydrogen) atoms. The molecule has 132 valence electrons. The Balaban J connectivity index is 1.66. The summed E-state index contributed by atoms with van der Waals surface area (Å²) in [6.45, 7) is 2.99. The van der Waals surface area contributed by atoms with Crippen LogP contribution >= 0.6 is 0 Å². The smallest absolute Gasteiger partial charge is 0.223 e. The Hall–Kier alpha value is -2.29. The maximum absolute atomic E-state index is 12.9. The van der Waals surface area contributed by atoms with Crippen LogP contribution in [0, 0.1) is 0 Å². The normalized spacial score (nSPS) is 16.3. The molecule has 0 aromatic heterocycles. The van der Waals surface area contributed by atoms with Crippen LogP contribution in [0.3, 0.4) is 0 Å². The molecule has 1 aliphatic rings. The number of rotatable bonds is 6. The molecule has 0 aliphatic heterocycles. The summed E-state index contributed by atoms with van der Waals surface area (Å²) in [6.07, 6.45) is 5.37. The summed E-state index contributed by atoms with van der Waals surface area (Å²) in [5, 5.41) is 0. The summed E-state index contributed by atoms with van der Waals surface area (Å²) in [5.41, 5.74) is 10.7. The second kappa shape index (κ2) is 8.19. The quantitative estimate of drug-likeness (QED) is 0.811. The van der Waals surface area contributed by atoms with E-state index in [9.17, 15) is 4.79 Å². The maximum Gasteiger partial charge on any atom is 0.223 e. The van der Waals surface area contributed by atoms with Gasteiger partial charge in [-0.15, -0.1) is 0 Å². The molecule has 0 saturated carbocycles. The minimum absolute atomic E-state index is 0.259. The summed E-state index contributed by atoms with van der Waals surface area (Å²) < 4.78 is 0. The predicted molar refractivity (Wildman–Crippen MR) is 103 cm³/mol. The van der Waals surface area contributed by atoms with Gasteiger partial charge in [0.05, 0.1) is 0 Å². The van der Waals surface area contributed by atoms with Gasteiger partial charge in [-0.05, 0) is 54.9 Å². The lowest BCUT2D eigenvalue weighted by atomic mass is 9.87. The standard InChI is InChI=1S/C22H28N2O/c1-2-15-24(20-13-11-17-7-3-4-9-19(17)16-20)22(25)14-12-18-8-5-6-10-21(18)23/h3-10,20H,2,11-16,23H2,1H3. The molecule has 0 spiro atoms. The number of nitrogens with two attached hydrogens (primary N) is 1. The van der Waals surface area contributed by atoms with Crippen LogP contribution in [0.4, 0.5) is 5.69 Å². The van der Waals surface area contributed by atoms with Crippen molar-refractivity contribution in [3.05, 3.63) is 65.2 Å². The van der Waals surface area contributed by atoms with E-state index in [-0.39, 0.29) is 5.91 Å². The van der Waals surface area contributed by atoms with Crippen molar-refractivity contribution in [3.8, 4) is 0 Å². The molecule has 1 amide bonds. The number of benzene rings is 2. The number of anilines is 1. The molecule has 0 fully saturated rings. The molecule has 2 aromatic carbocycles. The van der Waals surface area contributed by atoms with E-state index in [1.54, 1.807) is 0 Å². The fourth-order valence-electron chi connectivity index (χ4n) is 3.84. The zero-order valence-electron chi connectivity index (χ0n) is 15.1. The molecule has 0 bridgehead atoms. The van der Waals surface area contributed by atoms with E-state index in [0.29, 0.717) is 12.5 Å². The van der Waals surface area contributed by atoms with E-state index in [4.69, 9.17) is 5.73 Å². The number of aryl methyl sites for hydroxylation is 2. The number of para-hydroxylation sites is 1. The Labute approximate surface area is 150 Å². The molecule has 1 atom stereocenters. The highest BCUT2D eigenvalue weighted by atomic mass is 16.2. The molecule has 3 heteroatoms. The molecule has 3 rings (SSSR count). The average Bonchev–Trinajstić information content (AvgIpc) is 2.65. The largest absolute Gasteiger partial charge is 0.399 e. The summed E-state index contributed by atoms with van der Waals surface area (Å²) >= 11 is 0. The highest BCUT2D eigenvalue weighted by molar-refractivity contribution is 5.77. The van der Waals surface area contributed by atoms with Gasteiger partial charge in [0.25, 0.3) is 0 Å². The van der Waals surface area contributed by atoms with Crippen molar-refractivity contribution in [3.63, 3.8) is 0 Å². The molecule has 2 aromatic rings. The number of carbonyl (C=O) groups excluding carboxylic acids is 1. The Kier molecular flexibility index (Phi) is 5.75. The molecule has 1 unspecified atom stereocenters. The number of hydrogen-bond acceptors (Lipinski definition) is 2. The summed E-state index contributed by atoms with van der Waals surface area (Å²) in [4.78, 5) is 15.0. The molecular weight excluding hydrogens is 308 g/mol. The summed E-state index contributed by atoms with van der Waals surface area (Å²) in [7, 11) is 0. The van der Waals surface area contributed by atoms with Crippen molar-refractivity contribution in [1.29, 1.82) is 0 Å². The summed E-state index contributed by atoms with van der Waals surface area (Å²) in [6, 6.07) is 16.8. The Morgan fingerprint density at radius 1 is 1.12 bits per heavy atom. The number of carbonyl (C=O) groups is 1. The number of hydrogen-bond donors (Lipinski definition) is 1. The SMILES string of the molecule is CCCN(C(=O)CCc1ccccc1N)C1CCc2ccccc2C1. The van der Waals surface area contributed by atoms with Crippen LogP contribution in [0.5, 0.6) is 0 Å². The first kappa shape index (κ1) is 17.5. The highest BCUT2D eigenvalue weighted by Gasteiger charge is 2.26. The zero-order chi connectivity index (χ0) is 17.6. The Bertz CT molecular complexity index is 725. The highest BCUT2D eigenvalue weighted by Crippen LogP contribution is 2.25. The van der Waals surface area contributed by atoms with Crippen LogP contribution in [0.15, 0.2) is 48.5 Å². The number of nitrogen functional groups attached to an aromatic ring is 1. The van der Waals surface area contributed by atoms with Crippen molar-refractivity contribution in [2.24, 2.45) is 0 Å². The van der Waals surface area contributed by atoms with Gasteiger partial charge in [0, 0.05) is 24.7 Å². The molecule has 3 nitrogen and oxygen atoms in total. The fraction of sp³-hybridized carbons (Fsp3) is 0.409.